The van der Waals surface area contributed by atoms with Crippen LogP contribution in [0.2, 0.25) is 0 Å². The lowest BCUT2D eigenvalue weighted by atomic mass is 9.84. The zero-order chi connectivity index (χ0) is 13.2. The van der Waals surface area contributed by atoms with Gasteiger partial charge >= 0.3 is 6.18 Å². The molecule has 0 heterocycles. The van der Waals surface area contributed by atoms with E-state index in [-0.39, 0.29) is 6.42 Å². The fourth-order valence-corrected chi connectivity index (χ4v) is 2.89. The maximum Gasteiger partial charge on any atom is 0.393 e. The Kier molecular flexibility index (Phi) is 4.20. The lowest BCUT2D eigenvalue weighted by molar-refractivity contribution is -0.184. The molecule has 1 aromatic carbocycles. The van der Waals surface area contributed by atoms with Crippen molar-refractivity contribution in [3.8, 4) is 0 Å². The third-order valence-electron chi connectivity index (χ3n) is 3.36. The van der Waals surface area contributed by atoms with E-state index in [0.717, 1.165) is 16.6 Å². The van der Waals surface area contributed by atoms with Gasteiger partial charge in [0.05, 0.1) is 5.92 Å². The van der Waals surface area contributed by atoms with E-state index in [9.17, 15) is 13.2 Å². The lowest BCUT2D eigenvalue weighted by Gasteiger charge is -2.34. The topological polar surface area (TPSA) is 12.0 Å². The molecule has 1 nitrogen and oxygen atoms in total. The van der Waals surface area contributed by atoms with E-state index in [4.69, 9.17) is 0 Å². The first kappa shape index (κ1) is 13.7. The van der Waals surface area contributed by atoms with Crippen molar-refractivity contribution in [2.75, 3.05) is 5.32 Å². The Morgan fingerprint density at radius 3 is 2.56 bits per heavy atom. The summed E-state index contributed by atoms with van der Waals surface area (Å²) < 4.78 is 39.6. The highest BCUT2D eigenvalue weighted by molar-refractivity contribution is 9.10. The molecule has 0 amide bonds. The van der Waals surface area contributed by atoms with E-state index in [1.165, 1.54) is 0 Å². The van der Waals surface area contributed by atoms with Gasteiger partial charge in [0, 0.05) is 16.2 Å². The molecule has 2 atom stereocenters. The van der Waals surface area contributed by atoms with Crippen LogP contribution in [0.5, 0.6) is 0 Å². The van der Waals surface area contributed by atoms with E-state index in [2.05, 4.69) is 21.2 Å². The smallest absolute Gasteiger partial charge is 0.382 e. The van der Waals surface area contributed by atoms with Crippen LogP contribution < -0.4 is 5.32 Å². The molecule has 1 aromatic rings. The molecule has 18 heavy (non-hydrogen) atoms. The van der Waals surface area contributed by atoms with Gasteiger partial charge in [-0.2, -0.15) is 13.2 Å². The number of alkyl halides is 3. The molecule has 2 rings (SSSR count). The predicted octanol–water partition coefficient (Wildman–Crippen LogP) is 4.98. The van der Waals surface area contributed by atoms with Crippen LogP contribution in [-0.2, 0) is 0 Å². The van der Waals surface area contributed by atoms with Crippen molar-refractivity contribution in [2.24, 2.45) is 5.92 Å². The summed E-state index contributed by atoms with van der Waals surface area (Å²) in [5.41, 5.74) is 0.741. The maximum atomic E-state index is 12.9. The molecule has 1 aliphatic rings. The van der Waals surface area contributed by atoms with Crippen LogP contribution >= 0.6 is 15.9 Å². The average molecular weight is 322 g/mol. The Balaban J connectivity index is 2.10. The van der Waals surface area contributed by atoms with Gasteiger partial charge in [-0.15, -0.1) is 0 Å². The van der Waals surface area contributed by atoms with Gasteiger partial charge in [0.15, 0.2) is 0 Å². The van der Waals surface area contributed by atoms with E-state index >= 15 is 0 Å². The van der Waals surface area contributed by atoms with Gasteiger partial charge in [0.25, 0.3) is 0 Å². The molecule has 100 valence electrons. The summed E-state index contributed by atoms with van der Waals surface area (Å²) in [6.07, 6.45) is -1.77. The maximum absolute atomic E-state index is 12.9. The highest BCUT2D eigenvalue weighted by Crippen LogP contribution is 2.39. The van der Waals surface area contributed by atoms with Gasteiger partial charge in [-0.1, -0.05) is 34.8 Å². The van der Waals surface area contributed by atoms with E-state index in [0.29, 0.717) is 12.8 Å². The average Bonchev–Trinajstić information content (AvgIpc) is 2.28. The number of anilines is 1. The summed E-state index contributed by atoms with van der Waals surface area (Å²) in [7, 11) is 0. The van der Waals surface area contributed by atoms with Crippen LogP contribution in [-0.4, -0.2) is 12.2 Å². The first-order valence-electron chi connectivity index (χ1n) is 6.05. The summed E-state index contributed by atoms with van der Waals surface area (Å²) in [6, 6.07) is 6.77. The molecule has 2 unspecified atom stereocenters. The van der Waals surface area contributed by atoms with Crippen LogP contribution in [0.15, 0.2) is 28.7 Å². The van der Waals surface area contributed by atoms with Gasteiger partial charge in [-0.3, -0.25) is 0 Å². The molecule has 1 N–H and O–H groups in total. The highest BCUT2D eigenvalue weighted by atomic mass is 79.9. The van der Waals surface area contributed by atoms with Crippen LogP contribution in [0.1, 0.15) is 25.7 Å². The summed E-state index contributed by atoms with van der Waals surface area (Å²) in [5.74, 6) is -1.23. The Morgan fingerprint density at radius 1 is 1.17 bits per heavy atom. The number of hydrogen-bond donors (Lipinski definition) is 1. The van der Waals surface area contributed by atoms with Crippen molar-refractivity contribution in [3.63, 3.8) is 0 Å². The number of halogens is 4. The van der Waals surface area contributed by atoms with Crippen molar-refractivity contribution in [3.05, 3.63) is 28.7 Å². The Labute approximate surface area is 113 Å². The SMILES string of the molecule is FC(F)(F)C1CCCCC1Nc1cccc(Br)c1. The zero-order valence-corrected chi connectivity index (χ0v) is 11.4. The monoisotopic (exact) mass is 321 g/mol. The molecule has 0 saturated heterocycles. The van der Waals surface area contributed by atoms with Gasteiger partial charge in [0.1, 0.15) is 0 Å². The normalized spacial score (nSPS) is 24.9. The predicted molar refractivity (Wildman–Crippen MR) is 69.6 cm³/mol. The van der Waals surface area contributed by atoms with Crippen molar-refractivity contribution in [2.45, 2.75) is 37.9 Å². The largest absolute Gasteiger partial charge is 0.393 e. The van der Waals surface area contributed by atoms with Crippen molar-refractivity contribution < 1.29 is 13.2 Å². The quantitative estimate of drug-likeness (QED) is 0.809. The van der Waals surface area contributed by atoms with Crippen molar-refractivity contribution >= 4 is 21.6 Å². The fourth-order valence-electron chi connectivity index (χ4n) is 2.49. The summed E-state index contributed by atoms with van der Waals surface area (Å²) in [4.78, 5) is 0. The van der Waals surface area contributed by atoms with Gasteiger partial charge in [-0.05, 0) is 31.0 Å². The molecule has 0 radical (unpaired) electrons. The van der Waals surface area contributed by atoms with E-state index < -0.39 is 18.1 Å². The van der Waals surface area contributed by atoms with Crippen LogP contribution in [0.4, 0.5) is 18.9 Å². The molecule has 0 spiro atoms. The lowest BCUT2D eigenvalue weighted by Crippen LogP contribution is -2.41. The molecule has 5 heteroatoms. The molecular weight excluding hydrogens is 307 g/mol. The molecular formula is C13H15BrF3N. The molecule has 1 aliphatic carbocycles. The molecule has 1 saturated carbocycles. The Morgan fingerprint density at radius 2 is 1.89 bits per heavy atom. The third-order valence-corrected chi connectivity index (χ3v) is 3.86. The van der Waals surface area contributed by atoms with Crippen LogP contribution in [0.3, 0.4) is 0 Å². The molecule has 0 bridgehead atoms. The number of benzene rings is 1. The minimum atomic E-state index is -4.11. The second-order valence-electron chi connectivity index (χ2n) is 4.69. The summed E-state index contributed by atoms with van der Waals surface area (Å²) in [5, 5.41) is 3.03. The van der Waals surface area contributed by atoms with Crippen molar-refractivity contribution in [1.29, 1.82) is 0 Å². The minimum Gasteiger partial charge on any atom is -0.382 e. The van der Waals surface area contributed by atoms with E-state index in [1.807, 2.05) is 18.2 Å². The second kappa shape index (κ2) is 5.51. The summed E-state index contributed by atoms with van der Waals surface area (Å²) >= 11 is 3.32. The minimum absolute atomic E-state index is 0.231. The number of rotatable bonds is 2. The van der Waals surface area contributed by atoms with Gasteiger partial charge in [0.2, 0.25) is 0 Å². The number of hydrogen-bond acceptors (Lipinski definition) is 1. The van der Waals surface area contributed by atoms with E-state index in [1.54, 1.807) is 6.07 Å². The molecule has 0 aliphatic heterocycles. The molecule has 0 aromatic heterocycles. The molecule has 1 fully saturated rings. The Hall–Kier alpha value is -0.710. The van der Waals surface area contributed by atoms with Crippen molar-refractivity contribution in [1.82, 2.24) is 0 Å². The van der Waals surface area contributed by atoms with Gasteiger partial charge in [-0.25, -0.2) is 0 Å². The summed E-state index contributed by atoms with van der Waals surface area (Å²) in [6.45, 7) is 0. The fraction of sp³-hybridized carbons (Fsp3) is 0.538. The zero-order valence-electron chi connectivity index (χ0n) is 9.80. The third kappa shape index (κ3) is 3.40. The van der Waals surface area contributed by atoms with Gasteiger partial charge < -0.3 is 5.32 Å². The van der Waals surface area contributed by atoms with Crippen LogP contribution in [0.25, 0.3) is 0 Å². The highest BCUT2D eigenvalue weighted by Gasteiger charge is 2.45. The standard InChI is InChI=1S/C13H15BrF3N/c14-9-4-3-5-10(8-9)18-12-7-2-1-6-11(12)13(15,16)17/h3-5,8,11-12,18H,1-2,6-7H2. The first-order valence-corrected chi connectivity index (χ1v) is 6.85. The number of nitrogens with one attached hydrogen (secondary N) is 1. The second-order valence-corrected chi connectivity index (χ2v) is 5.61. The first-order chi connectivity index (χ1) is 8.47. The Bertz CT molecular complexity index is 405. The van der Waals surface area contributed by atoms with Crippen LogP contribution in [0, 0.1) is 5.92 Å².